The van der Waals surface area contributed by atoms with Crippen LogP contribution >= 0.6 is 11.8 Å². The summed E-state index contributed by atoms with van der Waals surface area (Å²) in [7, 11) is 0. The summed E-state index contributed by atoms with van der Waals surface area (Å²) in [6, 6.07) is 15.2. The number of rotatable bonds is 11. The van der Waals surface area contributed by atoms with E-state index in [2.05, 4.69) is 25.5 Å². The van der Waals surface area contributed by atoms with E-state index in [1.54, 1.807) is 24.9 Å². The third-order valence-electron chi connectivity index (χ3n) is 5.52. The van der Waals surface area contributed by atoms with Crippen molar-refractivity contribution in [1.29, 1.82) is 0 Å². The summed E-state index contributed by atoms with van der Waals surface area (Å²) in [4.78, 5) is 9.95. The molecule has 0 fully saturated rings. The van der Waals surface area contributed by atoms with Crippen LogP contribution in [0.2, 0.25) is 0 Å². The molecular formula is C26H28F2N6OS. The molecule has 2 unspecified atom stereocenters. The van der Waals surface area contributed by atoms with Crippen LogP contribution in [-0.2, 0) is 6.54 Å². The van der Waals surface area contributed by atoms with Gasteiger partial charge < -0.3 is 15.5 Å². The topological polar surface area (TPSA) is 103 Å². The maximum absolute atomic E-state index is 12.6. The summed E-state index contributed by atoms with van der Waals surface area (Å²) < 4.78 is 31.0. The molecule has 7 nitrogen and oxygen atoms in total. The summed E-state index contributed by atoms with van der Waals surface area (Å²) in [5, 5.41) is 11.6. The molecule has 0 spiro atoms. The first-order valence-corrected chi connectivity index (χ1v) is 12.5. The van der Waals surface area contributed by atoms with Crippen LogP contribution in [0.5, 0.6) is 0 Å². The number of alkyl halides is 2. The van der Waals surface area contributed by atoms with Crippen LogP contribution in [-0.4, -0.2) is 44.8 Å². The third kappa shape index (κ3) is 6.44. The predicted octanol–water partition coefficient (Wildman–Crippen LogP) is 5.73. The van der Waals surface area contributed by atoms with E-state index in [0.29, 0.717) is 30.2 Å². The second kappa shape index (κ2) is 12.0. The standard InChI is InChI=1S/C26H28F2N6OS/c1-16(13-28)30-14-18-3-5-20(6-4-18)25-33-34-26(35-25)23-24(29)31-15-22(32-23)19-7-9-21(10-8-19)36-17(2)11-12-27/h3-10,15-17,30H,11-14H2,1-2H3,(H2,29,31). The fourth-order valence-electron chi connectivity index (χ4n) is 3.39. The van der Waals surface area contributed by atoms with Gasteiger partial charge in [-0.1, -0.05) is 31.2 Å². The van der Waals surface area contributed by atoms with E-state index < -0.39 is 6.67 Å². The minimum absolute atomic E-state index is 0.173. The van der Waals surface area contributed by atoms with Crippen molar-refractivity contribution in [2.45, 2.75) is 43.0 Å². The lowest BCUT2D eigenvalue weighted by Crippen LogP contribution is -2.27. The smallest absolute Gasteiger partial charge is 0.270 e. The summed E-state index contributed by atoms with van der Waals surface area (Å²) in [5.41, 5.74) is 9.62. The molecule has 4 aromatic rings. The number of hydrogen-bond donors (Lipinski definition) is 2. The Morgan fingerprint density at radius 2 is 1.67 bits per heavy atom. The highest BCUT2D eigenvalue weighted by atomic mass is 32.2. The third-order valence-corrected chi connectivity index (χ3v) is 6.70. The molecule has 2 atom stereocenters. The molecule has 0 bridgehead atoms. The highest BCUT2D eigenvalue weighted by Crippen LogP contribution is 2.30. The molecule has 0 amide bonds. The van der Waals surface area contributed by atoms with Crippen molar-refractivity contribution in [1.82, 2.24) is 25.5 Å². The van der Waals surface area contributed by atoms with Crippen LogP contribution < -0.4 is 11.1 Å². The van der Waals surface area contributed by atoms with Gasteiger partial charge in [0.2, 0.25) is 5.89 Å². The summed E-state index contributed by atoms with van der Waals surface area (Å²) in [6.07, 6.45) is 2.12. The SMILES string of the molecule is CC(CF)NCc1ccc(-c2nnc(-c3nc(-c4ccc(SC(C)CCF)cc4)cnc3N)o2)cc1. The van der Waals surface area contributed by atoms with Crippen LogP contribution in [0.1, 0.15) is 25.8 Å². The molecule has 0 saturated heterocycles. The van der Waals surface area contributed by atoms with Crippen LogP contribution in [0.25, 0.3) is 34.3 Å². The maximum atomic E-state index is 12.6. The van der Waals surface area contributed by atoms with Gasteiger partial charge in [-0.3, -0.25) is 4.39 Å². The Morgan fingerprint density at radius 3 is 2.36 bits per heavy atom. The number of benzene rings is 2. The fraction of sp³-hybridized carbons (Fsp3) is 0.308. The second-order valence-corrected chi connectivity index (χ2v) is 9.98. The Hall–Kier alpha value is -3.37. The van der Waals surface area contributed by atoms with Gasteiger partial charge in [-0.05, 0) is 43.2 Å². The molecule has 2 heterocycles. The van der Waals surface area contributed by atoms with Crippen molar-refractivity contribution in [3.05, 3.63) is 60.3 Å². The monoisotopic (exact) mass is 510 g/mol. The van der Waals surface area contributed by atoms with Crippen molar-refractivity contribution >= 4 is 17.6 Å². The lowest BCUT2D eigenvalue weighted by molar-refractivity contribution is 0.391. The number of nitrogen functional groups attached to an aromatic ring is 1. The Bertz CT molecular complexity index is 1270. The van der Waals surface area contributed by atoms with Gasteiger partial charge in [0.25, 0.3) is 5.89 Å². The van der Waals surface area contributed by atoms with E-state index in [4.69, 9.17) is 10.2 Å². The van der Waals surface area contributed by atoms with Crippen molar-refractivity contribution in [2.75, 3.05) is 19.1 Å². The van der Waals surface area contributed by atoms with Gasteiger partial charge in [-0.2, -0.15) is 0 Å². The van der Waals surface area contributed by atoms with Crippen molar-refractivity contribution in [3.63, 3.8) is 0 Å². The van der Waals surface area contributed by atoms with E-state index in [0.717, 1.165) is 21.6 Å². The van der Waals surface area contributed by atoms with Gasteiger partial charge in [0, 0.05) is 33.9 Å². The van der Waals surface area contributed by atoms with Crippen molar-refractivity contribution in [3.8, 4) is 34.3 Å². The minimum atomic E-state index is -0.415. The average molecular weight is 511 g/mol. The zero-order chi connectivity index (χ0) is 25.5. The molecule has 0 radical (unpaired) electrons. The Morgan fingerprint density at radius 1 is 0.972 bits per heavy atom. The molecule has 10 heteroatoms. The summed E-state index contributed by atoms with van der Waals surface area (Å²) >= 11 is 1.63. The molecule has 188 valence electrons. The van der Waals surface area contributed by atoms with Crippen molar-refractivity contribution in [2.24, 2.45) is 0 Å². The van der Waals surface area contributed by atoms with Gasteiger partial charge in [0.05, 0.1) is 18.6 Å². The molecule has 2 aromatic heterocycles. The number of nitrogens with one attached hydrogen (secondary N) is 1. The van der Waals surface area contributed by atoms with Gasteiger partial charge in [-0.25, -0.2) is 14.4 Å². The number of nitrogens with zero attached hydrogens (tertiary/aromatic N) is 4. The van der Waals surface area contributed by atoms with Crippen LogP contribution in [0.15, 0.2) is 64.0 Å². The second-order valence-electron chi connectivity index (χ2n) is 8.47. The Labute approximate surface area is 213 Å². The van der Waals surface area contributed by atoms with E-state index in [9.17, 15) is 8.78 Å². The van der Waals surface area contributed by atoms with Gasteiger partial charge in [0.15, 0.2) is 11.5 Å². The maximum Gasteiger partial charge on any atom is 0.270 e. The molecule has 3 N–H and O–H groups in total. The molecule has 2 aromatic carbocycles. The highest BCUT2D eigenvalue weighted by Gasteiger charge is 2.17. The first kappa shape index (κ1) is 25.7. The first-order chi connectivity index (χ1) is 17.5. The molecule has 36 heavy (non-hydrogen) atoms. The summed E-state index contributed by atoms with van der Waals surface area (Å²) in [5.74, 6) is 0.688. The predicted molar refractivity (Wildman–Crippen MR) is 139 cm³/mol. The molecule has 4 rings (SSSR count). The number of anilines is 1. The molecule has 0 saturated carbocycles. The van der Waals surface area contributed by atoms with E-state index in [1.165, 1.54) is 0 Å². The lowest BCUT2D eigenvalue weighted by Gasteiger charge is -2.10. The van der Waals surface area contributed by atoms with E-state index in [-0.39, 0.29) is 29.7 Å². The van der Waals surface area contributed by atoms with E-state index in [1.807, 2.05) is 55.5 Å². The Kier molecular flexibility index (Phi) is 8.61. The quantitative estimate of drug-likeness (QED) is 0.247. The van der Waals surface area contributed by atoms with Gasteiger partial charge in [-0.15, -0.1) is 22.0 Å². The number of aromatic nitrogens is 4. The fourth-order valence-corrected chi connectivity index (χ4v) is 4.36. The summed E-state index contributed by atoms with van der Waals surface area (Å²) in [6.45, 7) is 3.63. The van der Waals surface area contributed by atoms with E-state index >= 15 is 0 Å². The molecule has 0 aliphatic heterocycles. The number of thioether (sulfide) groups is 1. The molecule has 0 aliphatic carbocycles. The normalized spacial score (nSPS) is 13.0. The lowest BCUT2D eigenvalue weighted by atomic mass is 10.1. The zero-order valence-electron chi connectivity index (χ0n) is 20.1. The van der Waals surface area contributed by atoms with Crippen molar-refractivity contribution < 1.29 is 13.2 Å². The van der Waals surface area contributed by atoms with Gasteiger partial charge in [0.1, 0.15) is 6.67 Å². The Balaban J connectivity index is 1.50. The molecular weight excluding hydrogens is 482 g/mol. The van der Waals surface area contributed by atoms with Crippen LogP contribution in [0.3, 0.4) is 0 Å². The van der Waals surface area contributed by atoms with Gasteiger partial charge >= 0.3 is 0 Å². The highest BCUT2D eigenvalue weighted by molar-refractivity contribution is 7.99. The average Bonchev–Trinajstić information content (AvgIpc) is 3.38. The number of halogens is 2. The van der Waals surface area contributed by atoms with Crippen LogP contribution in [0, 0.1) is 0 Å². The first-order valence-electron chi connectivity index (χ1n) is 11.6. The van der Waals surface area contributed by atoms with Crippen LogP contribution in [0.4, 0.5) is 14.6 Å². The minimum Gasteiger partial charge on any atom is -0.414 e. The molecule has 0 aliphatic rings. The number of hydrogen-bond acceptors (Lipinski definition) is 8. The zero-order valence-corrected chi connectivity index (χ0v) is 20.9. The number of nitrogens with two attached hydrogens (primary N) is 1. The largest absolute Gasteiger partial charge is 0.414 e.